The van der Waals surface area contributed by atoms with E-state index in [1.165, 1.54) is 0 Å². The maximum absolute atomic E-state index is 12.3. The summed E-state index contributed by atoms with van der Waals surface area (Å²) in [5.41, 5.74) is 6.20. The maximum Gasteiger partial charge on any atom is 0.267 e. The van der Waals surface area contributed by atoms with Crippen molar-refractivity contribution >= 4 is 5.71 Å². The lowest BCUT2D eigenvalue weighted by molar-refractivity contribution is 0.0740. The molecule has 4 rings (SSSR count). The Morgan fingerprint density at radius 1 is 1.13 bits per heavy atom. The molecule has 1 aromatic rings. The Balaban J connectivity index is 1.53. The summed E-state index contributed by atoms with van der Waals surface area (Å²) in [7, 11) is 0. The van der Waals surface area contributed by atoms with Crippen molar-refractivity contribution in [1.29, 1.82) is 0 Å². The molecule has 3 aliphatic rings. The van der Waals surface area contributed by atoms with Gasteiger partial charge in [-0.05, 0) is 73.5 Å². The number of allylic oxidation sites excluding steroid dienone is 1. The zero-order chi connectivity index (χ0) is 21.6. The minimum absolute atomic E-state index is 0.125. The van der Waals surface area contributed by atoms with Gasteiger partial charge >= 0.3 is 0 Å². The number of H-pyrrole nitrogens is 1. The van der Waals surface area contributed by atoms with E-state index in [1.54, 1.807) is 0 Å². The third kappa shape index (κ3) is 3.85. The summed E-state index contributed by atoms with van der Waals surface area (Å²) >= 11 is 0. The van der Waals surface area contributed by atoms with Gasteiger partial charge in [0.2, 0.25) is 0 Å². The summed E-state index contributed by atoms with van der Waals surface area (Å²) in [5, 5.41) is 31.5. The fourth-order valence-corrected chi connectivity index (χ4v) is 5.17. The van der Waals surface area contributed by atoms with Gasteiger partial charge in [-0.3, -0.25) is 10.2 Å². The van der Waals surface area contributed by atoms with Gasteiger partial charge in [-0.25, -0.2) is 5.10 Å². The van der Waals surface area contributed by atoms with E-state index < -0.39 is 6.23 Å². The highest BCUT2D eigenvalue weighted by Crippen LogP contribution is 2.47. The number of hydrogen-bond donors (Lipinski definition) is 4. The quantitative estimate of drug-likeness (QED) is 0.592. The third-order valence-corrected chi connectivity index (χ3v) is 7.51. The molecule has 0 amide bonds. The zero-order valence-electron chi connectivity index (χ0n) is 18.4. The van der Waals surface area contributed by atoms with Gasteiger partial charge < -0.3 is 10.2 Å². The lowest BCUT2D eigenvalue weighted by Crippen LogP contribution is -2.36. The Hall–Kier alpha value is -1.99. The Morgan fingerprint density at radius 3 is 2.53 bits per heavy atom. The minimum atomic E-state index is -0.720. The molecule has 0 spiro atoms. The highest BCUT2D eigenvalue weighted by molar-refractivity contribution is 5.97. The van der Waals surface area contributed by atoms with Crippen LogP contribution < -0.4 is 11.0 Å². The molecule has 0 saturated heterocycles. The molecule has 2 aliphatic carbocycles. The number of aliphatic hydroxyl groups is 2. The van der Waals surface area contributed by atoms with E-state index in [-0.39, 0.29) is 23.0 Å². The van der Waals surface area contributed by atoms with Gasteiger partial charge in [0.25, 0.3) is 5.56 Å². The molecule has 3 atom stereocenters. The predicted octanol–water partition coefficient (Wildman–Crippen LogP) is 2.56. The Morgan fingerprint density at radius 2 is 1.87 bits per heavy atom. The lowest BCUT2D eigenvalue weighted by Gasteiger charge is -2.34. The average molecular weight is 415 g/mol. The van der Waals surface area contributed by atoms with Gasteiger partial charge in [-0.1, -0.05) is 27.7 Å². The topological polar surface area (TPSA) is 111 Å². The van der Waals surface area contributed by atoms with Crippen LogP contribution in [0.5, 0.6) is 0 Å². The Bertz CT molecular complexity index is 911. The highest BCUT2D eigenvalue weighted by Gasteiger charge is 2.41. The first-order valence-corrected chi connectivity index (χ1v) is 11.2. The largest absolute Gasteiger partial charge is 0.393 e. The normalized spacial score (nSPS) is 31.8. The van der Waals surface area contributed by atoms with Crippen LogP contribution in [-0.2, 0) is 5.41 Å². The van der Waals surface area contributed by atoms with Crippen LogP contribution in [0.3, 0.4) is 0 Å². The molecule has 164 valence electrons. The molecule has 2 fully saturated rings. The van der Waals surface area contributed by atoms with Crippen molar-refractivity contribution in [1.82, 2.24) is 15.6 Å². The van der Waals surface area contributed by atoms with Crippen LogP contribution in [-0.4, -0.2) is 38.5 Å². The molecular formula is C23H34N4O3. The molecule has 2 saturated carbocycles. The second kappa shape index (κ2) is 7.93. The van der Waals surface area contributed by atoms with Gasteiger partial charge in [-0.15, -0.1) is 0 Å². The first-order chi connectivity index (χ1) is 14.2. The second-order valence-corrected chi connectivity index (χ2v) is 10.2. The number of aromatic nitrogens is 2. The van der Waals surface area contributed by atoms with Crippen LogP contribution in [0.4, 0.5) is 0 Å². The molecule has 0 bridgehead atoms. The van der Waals surface area contributed by atoms with E-state index in [0.29, 0.717) is 30.6 Å². The minimum Gasteiger partial charge on any atom is -0.393 e. The number of rotatable bonds is 5. The SMILES string of the molecule is CC(C)C1=NNC(O)C(C2CCC(C(C)(C)c3cc([C@H]4C[C@H](O)C4)c(=O)[nH]n3)C2)=C1. The van der Waals surface area contributed by atoms with E-state index in [9.17, 15) is 15.0 Å². The van der Waals surface area contributed by atoms with Crippen molar-refractivity contribution < 1.29 is 10.2 Å². The fraction of sp³-hybridized carbons (Fsp3) is 0.696. The number of aliphatic hydroxyl groups excluding tert-OH is 2. The van der Waals surface area contributed by atoms with Crippen molar-refractivity contribution in [2.45, 2.75) is 83.5 Å². The van der Waals surface area contributed by atoms with Crippen LogP contribution in [0.2, 0.25) is 0 Å². The smallest absolute Gasteiger partial charge is 0.267 e. The summed E-state index contributed by atoms with van der Waals surface area (Å²) < 4.78 is 0. The van der Waals surface area contributed by atoms with Crippen LogP contribution >= 0.6 is 0 Å². The van der Waals surface area contributed by atoms with Crippen molar-refractivity contribution in [3.8, 4) is 0 Å². The number of hydrogen-bond acceptors (Lipinski definition) is 6. The van der Waals surface area contributed by atoms with E-state index in [2.05, 4.69) is 54.5 Å². The second-order valence-electron chi connectivity index (χ2n) is 10.2. The number of nitrogens with zero attached hydrogens (tertiary/aromatic N) is 2. The van der Waals surface area contributed by atoms with Gasteiger partial charge in [0, 0.05) is 11.0 Å². The monoisotopic (exact) mass is 414 g/mol. The first-order valence-electron chi connectivity index (χ1n) is 11.2. The zero-order valence-corrected chi connectivity index (χ0v) is 18.4. The molecule has 1 aromatic heterocycles. The van der Waals surface area contributed by atoms with Crippen LogP contribution in [0.15, 0.2) is 27.6 Å². The molecule has 0 radical (unpaired) electrons. The molecule has 0 aromatic carbocycles. The fourth-order valence-electron chi connectivity index (χ4n) is 5.17. The van der Waals surface area contributed by atoms with Crippen molar-refractivity contribution in [2.75, 3.05) is 0 Å². The van der Waals surface area contributed by atoms with Crippen LogP contribution in [0.25, 0.3) is 0 Å². The van der Waals surface area contributed by atoms with E-state index >= 15 is 0 Å². The number of nitrogens with one attached hydrogen (secondary N) is 2. The van der Waals surface area contributed by atoms with Crippen LogP contribution in [0, 0.1) is 17.8 Å². The van der Waals surface area contributed by atoms with Gasteiger partial charge in [-0.2, -0.15) is 10.2 Å². The molecule has 7 heteroatoms. The third-order valence-electron chi connectivity index (χ3n) is 7.51. The van der Waals surface area contributed by atoms with Crippen LogP contribution in [0.1, 0.15) is 77.0 Å². The lowest BCUT2D eigenvalue weighted by atomic mass is 9.72. The summed E-state index contributed by atoms with van der Waals surface area (Å²) in [5.74, 6) is 1.14. The van der Waals surface area contributed by atoms with E-state index in [0.717, 1.165) is 41.8 Å². The standard InChI is InChI=1S/C23H34N4O3/c1-12(2)19-10-17(21(29)26-24-19)13-5-6-15(7-13)23(3,4)20-11-18(22(30)27-25-20)14-8-16(28)9-14/h10-16,21,26,28-29H,5-9H2,1-4H3,(H,27,30)/t13?,14-,15?,16-,21?. The average Bonchev–Trinajstić information content (AvgIpc) is 3.17. The molecule has 3 unspecified atom stereocenters. The van der Waals surface area contributed by atoms with Crippen molar-refractivity contribution in [2.24, 2.45) is 22.9 Å². The first kappa shape index (κ1) is 21.2. The van der Waals surface area contributed by atoms with E-state index in [4.69, 9.17) is 0 Å². The van der Waals surface area contributed by atoms with Gasteiger partial charge in [0.1, 0.15) is 0 Å². The maximum atomic E-state index is 12.3. The van der Waals surface area contributed by atoms with Crippen molar-refractivity contribution in [3.63, 3.8) is 0 Å². The highest BCUT2D eigenvalue weighted by atomic mass is 16.3. The molecule has 2 heterocycles. The Kier molecular flexibility index (Phi) is 5.62. The molecule has 7 nitrogen and oxygen atoms in total. The van der Waals surface area contributed by atoms with Gasteiger partial charge in [0.15, 0.2) is 6.23 Å². The summed E-state index contributed by atoms with van der Waals surface area (Å²) in [6.07, 6.45) is 5.41. The molecular weight excluding hydrogens is 380 g/mol. The summed E-state index contributed by atoms with van der Waals surface area (Å²) in [6.45, 7) is 8.61. The van der Waals surface area contributed by atoms with E-state index in [1.807, 2.05) is 6.07 Å². The molecule has 1 aliphatic heterocycles. The van der Waals surface area contributed by atoms with Crippen molar-refractivity contribution in [3.05, 3.63) is 39.3 Å². The summed E-state index contributed by atoms with van der Waals surface area (Å²) in [4.78, 5) is 12.3. The number of aromatic amines is 1. The molecule has 30 heavy (non-hydrogen) atoms. The predicted molar refractivity (Wildman–Crippen MR) is 116 cm³/mol. The van der Waals surface area contributed by atoms with Gasteiger partial charge in [0.05, 0.1) is 17.5 Å². The summed E-state index contributed by atoms with van der Waals surface area (Å²) in [6, 6.07) is 1.96. The Labute approximate surface area is 177 Å². The number of hydrazone groups is 1. The molecule has 4 N–H and O–H groups in total.